The number of carbonyl (C=O) groups excluding carboxylic acids is 1. The van der Waals surface area contributed by atoms with Gasteiger partial charge in [0.2, 0.25) is 11.5 Å². The fourth-order valence-corrected chi connectivity index (χ4v) is 3.35. The molecule has 0 atom stereocenters. The summed E-state index contributed by atoms with van der Waals surface area (Å²) in [6.07, 6.45) is 0.849. The quantitative estimate of drug-likeness (QED) is 0.443. The first kappa shape index (κ1) is 27.3. The molecule has 0 saturated carbocycles. The van der Waals surface area contributed by atoms with E-state index < -0.39 is 0 Å². The number of aryl methyl sites for hydroxylation is 1. The molecule has 0 amide bonds. The summed E-state index contributed by atoms with van der Waals surface area (Å²) >= 11 is 0. The van der Waals surface area contributed by atoms with E-state index in [2.05, 4.69) is 31.0 Å². The predicted molar refractivity (Wildman–Crippen MR) is 131 cm³/mol. The zero-order valence-corrected chi connectivity index (χ0v) is 21.5. The molecule has 0 bridgehead atoms. The largest absolute Gasteiger partial charge is 0.491 e. The van der Waals surface area contributed by atoms with Crippen LogP contribution in [0.2, 0.25) is 0 Å². The molecule has 0 fully saturated rings. The van der Waals surface area contributed by atoms with Gasteiger partial charge in [0.15, 0.2) is 11.4 Å². The summed E-state index contributed by atoms with van der Waals surface area (Å²) < 4.78 is 14.1. The number of aromatic nitrogens is 4. The number of aliphatic hydroxyl groups excluding tert-OH is 1. The molecule has 3 rings (SSSR count). The van der Waals surface area contributed by atoms with Crippen molar-refractivity contribution in [3.05, 3.63) is 46.1 Å². The van der Waals surface area contributed by atoms with Crippen LogP contribution in [-0.4, -0.2) is 50.1 Å². The van der Waals surface area contributed by atoms with Gasteiger partial charge in [-0.15, -0.1) is 22.6 Å². The minimum absolute atomic E-state index is 0. The topological polar surface area (TPSA) is 115 Å². The van der Waals surface area contributed by atoms with Crippen LogP contribution in [0.25, 0.3) is 5.65 Å². The number of hydrogen-bond donors (Lipinski definition) is 2. The van der Waals surface area contributed by atoms with Crippen LogP contribution in [0.1, 0.15) is 61.2 Å². The molecule has 3 aromatic rings. The monoisotopic (exact) mass is 491 g/mol. The standard InChI is InChI=1S/C24H33N5O4.ClH/c1-7-9-33-22-16(3)15(2)21-26-28(23(25)29(21)27-22)14-20(31)17-11-18(24(4,5)6)13-19(12-17)32-10-8-30;/h11-13,25,30H,7-10,14H2,1-6H3;1H. The van der Waals surface area contributed by atoms with Crippen LogP contribution in [0, 0.1) is 19.3 Å². The number of aliphatic hydroxyl groups is 1. The van der Waals surface area contributed by atoms with Crippen molar-refractivity contribution in [3.8, 4) is 11.6 Å². The van der Waals surface area contributed by atoms with Crippen molar-refractivity contribution in [3.63, 3.8) is 0 Å². The molecule has 2 heterocycles. The fraction of sp³-hybridized carbons (Fsp3) is 0.500. The van der Waals surface area contributed by atoms with Gasteiger partial charge >= 0.3 is 0 Å². The summed E-state index contributed by atoms with van der Waals surface area (Å²) in [5.41, 5.74) is 3.44. The molecule has 0 saturated heterocycles. The summed E-state index contributed by atoms with van der Waals surface area (Å²) in [5, 5.41) is 26.6. The molecular formula is C24H34ClN5O4. The Balaban J connectivity index is 0.00000408. The maximum Gasteiger partial charge on any atom is 0.242 e. The molecule has 2 N–H and O–H groups in total. The van der Waals surface area contributed by atoms with E-state index in [4.69, 9.17) is 20.0 Å². The number of nitrogens with one attached hydrogen (secondary N) is 1. The van der Waals surface area contributed by atoms with E-state index in [-0.39, 0.29) is 49.0 Å². The highest BCUT2D eigenvalue weighted by Crippen LogP contribution is 2.28. The van der Waals surface area contributed by atoms with Gasteiger partial charge in [-0.05, 0) is 49.4 Å². The van der Waals surface area contributed by atoms with E-state index in [1.807, 2.05) is 32.9 Å². The number of Topliss-reactive ketones (excluding diaryl/α,β-unsaturated/α-hetero) is 1. The van der Waals surface area contributed by atoms with Crippen LogP contribution in [0.5, 0.6) is 11.6 Å². The number of rotatable bonds is 9. The maximum atomic E-state index is 13.2. The zero-order chi connectivity index (χ0) is 24.3. The van der Waals surface area contributed by atoms with Crippen molar-refractivity contribution in [1.82, 2.24) is 19.4 Å². The lowest BCUT2D eigenvalue weighted by atomic mass is 9.85. The first-order valence-corrected chi connectivity index (χ1v) is 11.1. The van der Waals surface area contributed by atoms with E-state index in [0.717, 1.165) is 23.1 Å². The lowest BCUT2D eigenvalue weighted by Crippen LogP contribution is -2.26. The Labute approximate surface area is 205 Å². The fourth-order valence-electron chi connectivity index (χ4n) is 3.35. The number of fused-ring (bicyclic) bond motifs is 1. The van der Waals surface area contributed by atoms with Crippen molar-refractivity contribution in [2.24, 2.45) is 0 Å². The molecule has 0 unspecified atom stereocenters. The Morgan fingerprint density at radius 2 is 1.79 bits per heavy atom. The highest BCUT2D eigenvalue weighted by Gasteiger charge is 2.20. The van der Waals surface area contributed by atoms with Gasteiger partial charge in [0, 0.05) is 16.7 Å². The molecule has 1 aromatic carbocycles. The second-order valence-corrected chi connectivity index (χ2v) is 9.11. The van der Waals surface area contributed by atoms with Gasteiger partial charge in [0.05, 0.1) is 13.2 Å². The summed E-state index contributed by atoms with van der Waals surface area (Å²) in [4.78, 5) is 13.2. The lowest BCUT2D eigenvalue weighted by Gasteiger charge is -2.21. The van der Waals surface area contributed by atoms with Gasteiger partial charge in [0.25, 0.3) is 0 Å². The number of ketones is 1. The second-order valence-electron chi connectivity index (χ2n) is 9.11. The van der Waals surface area contributed by atoms with Crippen molar-refractivity contribution in [2.75, 3.05) is 19.8 Å². The van der Waals surface area contributed by atoms with E-state index in [9.17, 15) is 4.79 Å². The Kier molecular flexibility index (Phi) is 8.85. The third kappa shape index (κ3) is 5.77. The minimum Gasteiger partial charge on any atom is -0.491 e. The molecule has 0 spiro atoms. The van der Waals surface area contributed by atoms with Gasteiger partial charge in [-0.2, -0.15) is 4.52 Å². The molecule has 0 aliphatic rings. The Morgan fingerprint density at radius 3 is 2.41 bits per heavy atom. The van der Waals surface area contributed by atoms with Crippen molar-refractivity contribution >= 4 is 23.8 Å². The smallest absolute Gasteiger partial charge is 0.242 e. The molecule has 0 radical (unpaired) electrons. The van der Waals surface area contributed by atoms with E-state index in [0.29, 0.717) is 29.4 Å². The number of ether oxygens (including phenoxy) is 2. The molecule has 34 heavy (non-hydrogen) atoms. The molecule has 9 nitrogen and oxygen atoms in total. The Hall–Kier alpha value is -2.91. The minimum atomic E-state index is -0.200. The van der Waals surface area contributed by atoms with Gasteiger partial charge < -0.3 is 14.6 Å². The van der Waals surface area contributed by atoms with Gasteiger partial charge in [-0.25, -0.2) is 4.68 Å². The van der Waals surface area contributed by atoms with Crippen LogP contribution < -0.4 is 15.1 Å². The van der Waals surface area contributed by atoms with Crippen molar-refractivity contribution < 1.29 is 19.4 Å². The van der Waals surface area contributed by atoms with Crippen LogP contribution in [0.15, 0.2) is 18.2 Å². The second kappa shape index (κ2) is 11.0. The molecule has 186 valence electrons. The molecule has 0 aliphatic carbocycles. The molecule has 2 aromatic heterocycles. The summed E-state index contributed by atoms with van der Waals surface area (Å²) in [5.74, 6) is 0.792. The molecular weight excluding hydrogens is 458 g/mol. The van der Waals surface area contributed by atoms with Crippen molar-refractivity contribution in [1.29, 1.82) is 5.41 Å². The normalized spacial score (nSPS) is 11.4. The average Bonchev–Trinajstić information content (AvgIpc) is 3.08. The van der Waals surface area contributed by atoms with Crippen LogP contribution >= 0.6 is 12.4 Å². The summed E-state index contributed by atoms with van der Waals surface area (Å²) in [6, 6.07) is 5.39. The molecule has 10 heteroatoms. The highest BCUT2D eigenvalue weighted by molar-refractivity contribution is 5.96. The number of nitrogens with zero attached hydrogens (tertiary/aromatic N) is 4. The van der Waals surface area contributed by atoms with Gasteiger partial charge in [0.1, 0.15) is 18.9 Å². The zero-order valence-electron chi connectivity index (χ0n) is 20.6. The van der Waals surface area contributed by atoms with Crippen LogP contribution in [0.4, 0.5) is 0 Å². The first-order valence-electron chi connectivity index (χ1n) is 11.1. The Bertz CT molecular complexity index is 1230. The summed E-state index contributed by atoms with van der Waals surface area (Å²) in [7, 11) is 0. The average molecular weight is 492 g/mol. The first-order chi connectivity index (χ1) is 15.6. The number of carbonyl (C=O) groups is 1. The van der Waals surface area contributed by atoms with Gasteiger partial charge in [-0.1, -0.05) is 27.7 Å². The number of benzene rings is 1. The van der Waals surface area contributed by atoms with E-state index in [1.165, 1.54) is 9.20 Å². The van der Waals surface area contributed by atoms with Crippen LogP contribution in [0.3, 0.4) is 0 Å². The summed E-state index contributed by atoms with van der Waals surface area (Å²) in [6.45, 7) is 12.4. The third-order valence-electron chi connectivity index (χ3n) is 5.46. The van der Waals surface area contributed by atoms with E-state index in [1.54, 1.807) is 6.07 Å². The van der Waals surface area contributed by atoms with Gasteiger partial charge in [-0.3, -0.25) is 10.2 Å². The predicted octanol–water partition coefficient (Wildman–Crippen LogP) is 3.39. The lowest BCUT2D eigenvalue weighted by molar-refractivity contribution is 0.0965. The maximum absolute atomic E-state index is 13.2. The number of hydrogen-bond acceptors (Lipinski definition) is 7. The van der Waals surface area contributed by atoms with Crippen LogP contribution in [-0.2, 0) is 12.0 Å². The molecule has 0 aliphatic heterocycles. The Morgan fingerprint density at radius 1 is 1.09 bits per heavy atom. The van der Waals surface area contributed by atoms with E-state index >= 15 is 0 Å². The number of halogens is 1. The SMILES string of the molecule is CCCOc1nn2c(=N)n(CC(=O)c3cc(OCCO)cc(C(C)(C)C)c3)nc2c(C)c1C.Cl. The van der Waals surface area contributed by atoms with Crippen molar-refractivity contribution in [2.45, 2.75) is 59.9 Å². The third-order valence-corrected chi connectivity index (χ3v) is 5.46. The highest BCUT2D eigenvalue weighted by atomic mass is 35.5.